The first kappa shape index (κ1) is 14.8. The van der Waals surface area contributed by atoms with Gasteiger partial charge in [-0.25, -0.2) is 0 Å². The van der Waals surface area contributed by atoms with Crippen molar-refractivity contribution < 1.29 is 19.1 Å². The first-order valence-corrected chi connectivity index (χ1v) is 6.63. The van der Waals surface area contributed by atoms with Crippen molar-refractivity contribution >= 4 is 17.6 Å². The van der Waals surface area contributed by atoms with E-state index in [1.54, 1.807) is 13.0 Å². The Labute approximate surface area is 122 Å². The molecule has 5 nitrogen and oxygen atoms in total. The second-order valence-corrected chi connectivity index (χ2v) is 4.83. The molecule has 0 fully saturated rings. The predicted octanol–water partition coefficient (Wildman–Crippen LogP) is 3.02. The number of aryl methyl sites for hydroxylation is 2. The van der Waals surface area contributed by atoms with Gasteiger partial charge in [-0.15, -0.1) is 0 Å². The van der Waals surface area contributed by atoms with Crippen LogP contribution in [0.5, 0.6) is 0 Å². The number of nitrogens with zero attached hydrogens (tertiary/aromatic N) is 1. The second kappa shape index (κ2) is 6.26. The van der Waals surface area contributed by atoms with Crippen molar-refractivity contribution in [2.24, 2.45) is 0 Å². The summed E-state index contributed by atoms with van der Waals surface area (Å²) in [5.41, 5.74) is 2.19. The minimum atomic E-state index is -0.941. The number of carbonyl (C=O) groups is 2. The molecule has 0 radical (unpaired) electrons. The van der Waals surface area contributed by atoms with Gasteiger partial charge in [-0.05, 0) is 32.0 Å². The third-order valence-corrected chi connectivity index (χ3v) is 3.23. The summed E-state index contributed by atoms with van der Waals surface area (Å²) >= 11 is 0. The molecular weight excluding hydrogens is 270 g/mol. The van der Waals surface area contributed by atoms with Crippen molar-refractivity contribution in [1.82, 2.24) is 0 Å². The predicted molar refractivity (Wildman–Crippen MR) is 78.6 cm³/mol. The van der Waals surface area contributed by atoms with Gasteiger partial charge in [0.05, 0.1) is 18.2 Å². The van der Waals surface area contributed by atoms with E-state index >= 15 is 0 Å². The van der Waals surface area contributed by atoms with Gasteiger partial charge in [0, 0.05) is 12.2 Å². The largest absolute Gasteiger partial charge is 0.481 e. The molecular formula is C16H17NO4. The van der Waals surface area contributed by atoms with Crippen molar-refractivity contribution in [2.75, 3.05) is 11.4 Å². The SMILES string of the molecule is Cc1ccc(N(CCC(=O)O)C(=O)c2ccoc2C)cc1. The maximum Gasteiger partial charge on any atom is 0.305 e. The quantitative estimate of drug-likeness (QED) is 0.917. The van der Waals surface area contributed by atoms with Gasteiger partial charge in [0.15, 0.2) is 0 Å². The number of carboxylic acid groups (broad SMARTS) is 1. The fourth-order valence-corrected chi connectivity index (χ4v) is 2.03. The molecule has 2 rings (SSSR count). The van der Waals surface area contributed by atoms with E-state index in [0.717, 1.165) is 5.56 Å². The molecule has 0 bridgehead atoms. The molecule has 5 heteroatoms. The summed E-state index contributed by atoms with van der Waals surface area (Å²) in [7, 11) is 0. The lowest BCUT2D eigenvalue weighted by Gasteiger charge is -2.22. The van der Waals surface area contributed by atoms with Crippen LogP contribution in [0.3, 0.4) is 0 Å². The number of amides is 1. The van der Waals surface area contributed by atoms with Gasteiger partial charge in [-0.3, -0.25) is 9.59 Å². The normalized spacial score (nSPS) is 10.4. The molecule has 0 aliphatic rings. The van der Waals surface area contributed by atoms with Crippen molar-refractivity contribution in [2.45, 2.75) is 20.3 Å². The maximum atomic E-state index is 12.6. The van der Waals surface area contributed by atoms with Gasteiger partial charge in [0.25, 0.3) is 5.91 Å². The lowest BCUT2D eigenvalue weighted by molar-refractivity contribution is -0.136. The Morgan fingerprint density at radius 3 is 2.33 bits per heavy atom. The molecule has 0 aliphatic carbocycles. The summed E-state index contributed by atoms with van der Waals surface area (Å²) in [6, 6.07) is 8.99. The summed E-state index contributed by atoms with van der Waals surface area (Å²) in [4.78, 5) is 24.9. The summed E-state index contributed by atoms with van der Waals surface area (Å²) in [5.74, 6) is -0.678. The summed E-state index contributed by atoms with van der Waals surface area (Å²) in [6.07, 6.45) is 1.34. The number of carboxylic acids is 1. The monoisotopic (exact) mass is 287 g/mol. The average molecular weight is 287 g/mol. The van der Waals surface area contributed by atoms with Crippen LogP contribution < -0.4 is 4.90 Å². The Hall–Kier alpha value is -2.56. The number of carbonyl (C=O) groups excluding carboxylic acids is 1. The third-order valence-electron chi connectivity index (χ3n) is 3.23. The van der Waals surface area contributed by atoms with Crippen LogP contribution in [0, 0.1) is 13.8 Å². The first-order valence-electron chi connectivity index (χ1n) is 6.63. The smallest absolute Gasteiger partial charge is 0.305 e. The van der Waals surface area contributed by atoms with Gasteiger partial charge < -0.3 is 14.4 Å². The van der Waals surface area contributed by atoms with E-state index in [1.165, 1.54) is 11.2 Å². The van der Waals surface area contributed by atoms with Crippen molar-refractivity contribution in [3.05, 3.63) is 53.5 Å². The van der Waals surface area contributed by atoms with E-state index in [-0.39, 0.29) is 18.9 Å². The van der Waals surface area contributed by atoms with Crippen LogP contribution in [0.1, 0.15) is 28.1 Å². The zero-order valence-electron chi connectivity index (χ0n) is 12.0. The summed E-state index contributed by atoms with van der Waals surface area (Å²) < 4.78 is 5.15. The van der Waals surface area contributed by atoms with E-state index in [4.69, 9.17) is 9.52 Å². The molecule has 1 aromatic carbocycles. The van der Waals surface area contributed by atoms with Gasteiger partial charge in [0.2, 0.25) is 0 Å². The highest BCUT2D eigenvalue weighted by Crippen LogP contribution is 2.20. The Kier molecular flexibility index (Phi) is 4.42. The topological polar surface area (TPSA) is 70.8 Å². The average Bonchev–Trinajstić information content (AvgIpc) is 2.86. The van der Waals surface area contributed by atoms with Crippen LogP contribution in [0.25, 0.3) is 0 Å². The van der Waals surface area contributed by atoms with E-state index in [0.29, 0.717) is 17.0 Å². The van der Waals surface area contributed by atoms with Gasteiger partial charge in [-0.1, -0.05) is 17.7 Å². The third kappa shape index (κ3) is 3.51. The number of rotatable bonds is 5. The molecule has 0 saturated heterocycles. The number of aliphatic carboxylic acids is 1. The molecule has 1 aromatic heterocycles. The molecule has 0 unspecified atom stereocenters. The Bertz CT molecular complexity index is 643. The second-order valence-electron chi connectivity index (χ2n) is 4.83. The van der Waals surface area contributed by atoms with E-state index in [9.17, 15) is 9.59 Å². The van der Waals surface area contributed by atoms with E-state index in [1.807, 2.05) is 31.2 Å². The first-order chi connectivity index (χ1) is 9.99. The summed E-state index contributed by atoms with van der Waals surface area (Å²) in [5, 5.41) is 8.86. The molecule has 2 aromatic rings. The zero-order valence-corrected chi connectivity index (χ0v) is 12.0. The molecule has 1 N–H and O–H groups in total. The Balaban J connectivity index is 2.31. The lowest BCUT2D eigenvalue weighted by Crippen LogP contribution is -2.33. The molecule has 1 heterocycles. The molecule has 0 saturated carbocycles. The van der Waals surface area contributed by atoms with Crippen LogP contribution in [-0.2, 0) is 4.79 Å². The number of anilines is 1. The van der Waals surface area contributed by atoms with Crippen LogP contribution in [0.2, 0.25) is 0 Å². The highest BCUT2D eigenvalue weighted by Gasteiger charge is 2.21. The minimum absolute atomic E-state index is 0.113. The molecule has 110 valence electrons. The number of furan rings is 1. The van der Waals surface area contributed by atoms with Crippen LogP contribution in [0.15, 0.2) is 41.0 Å². The highest BCUT2D eigenvalue weighted by atomic mass is 16.4. The lowest BCUT2D eigenvalue weighted by atomic mass is 10.1. The minimum Gasteiger partial charge on any atom is -0.481 e. The number of hydrogen-bond donors (Lipinski definition) is 1. The van der Waals surface area contributed by atoms with Crippen LogP contribution >= 0.6 is 0 Å². The Morgan fingerprint density at radius 2 is 1.81 bits per heavy atom. The molecule has 1 amide bonds. The molecule has 0 aliphatic heterocycles. The van der Waals surface area contributed by atoms with Gasteiger partial charge >= 0.3 is 5.97 Å². The van der Waals surface area contributed by atoms with E-state index < -0.39 is 5.97 Å². The number of benzene rings is 1. The van der Waals surface area contributed by atoms with Crippen LogP contribution in [0.4, 0.5) is 5.69 Å². The highest BCUT2D eigenvalue weighted by molar-refractivity contribution is 6.06. The fraction of sp³-hybridized carbons (Fsp3) is 0.250. The molecule has 0 atom stereocenters. The standard InChI is InChI=1S/C16H17NO4/c1-11-3-5-13(6-4-11)17(9-7-15(18)19)16(20)14-8-10-21-12(14)2/h3-6,8,10H,7,9H2,1-2H3,(H,18,19). The summed E-state index contributed by atoms with van der Waals surface area (Å²) in [6.45, 7) is 3.77. The van der Waals surface area contributed by atoms with Crippen LogP contribution in [-0.4, -0.2) is 23.5 Å². The zero-order chi connectivity index (χ0) is 15.4. The van der Waals surface area contributed by atoms with Gasteiger partial charge in [0.1, 0.15) is 5.76 Å². The van der Waals surface area contributed by atoms with Crippen molar-refractivity contribution in [3.63, 3.8) is 0 Å². The van der Waals surface area contributed by atoms with Crippen molar-refractivity contribution in [3.8, 4) is 0 Å². The fourth-order valence-electron chi connectivity index (χ4n) is 2.03. The van der Waals surface area contributed by atoms with Crippen molar-refractivity contribution in [1.29, 1.82) is 0 Å². The Morgan fingerprint density at radius 1 is 1.14 bits per heavy atom. The molecule has 0 spiro atoms. The molecule has 21 heavy (non-hydrogen) atoms. The number of hydrogen-bond acceptors (Lipinski definition) is 3. The van der Waals surface area contributed by atoms with E-state index in [2.05, 4.69) is 0 Å². The maximum absolute atomic E-state index is 12.6. The van der Waals surface area contributed by atoms with Gasteiger partial charge in [-0.2, -0.15) is 0 Å².